The van der Waals surface area contributed by atoms with Gasteiger partial charge in [0.15, 0.2) is 0 Å². The lowest BCUT2D eigenvalue weighted by Gasteiger charge is -2.25. The lowest BCUT2D eigenvalue weighted by Crippen LogP contribution is -2.32. The maximum atomic E-state index is 12.3. The maximum Gasteiger partial charge on any atom is 0.291 e. The third-order valence-electron chi connectivity index (χ3n) is 3.66. The SMILES string of the molecule is CCC(C)Nc1c(Br)cnn(CC2CCC2)c1=O. The Morgan fingerprint density at radius 3 is 2.89 bits per heavy atom. The van der Waals surface area contributed by atoms with Crippen LogP contribution in [0.1, 0.15) is 39.5 Å². The second-order valence-electron chi connectivity index (χ2n) is 5.11. The fourth-order valence-corrected chi connectivity index (χ4v) is 2.37. The smallest absolute Gasteiger partial charge is 0.291 e. The van der Waals surface area contributed by atoms with Gasteiger partial charge in [-0.15, -0.1) is 0 Å². The van der Waals surface area contributed by atoms with E-state index >= 15 is 0 Å². The average molecular weight is 314 g/mol. The van der Waals surface area contributed by atoms with Gasteiger partial charge < -0.3 is 5.32 Å². The van der Waals surface area contributed by atoms with E-state index < -0.39 is 0 Å². The normalized spacial score (nSPS) is 17.3. The lowest BCUT2D eigenvalue weighted by atomic mass is 9.85. The van der Waals surface area contributed by atoms with Gasteiger partial charge in [0.05, 0.1) is 10.7 Å². The van der Waals surface area contributed by atoms with Crippen LogP contribution in [0.4, 0.5) is 5.69 Å². The molecule has 0 aliphatic heterocycles. The van der Waals surface area contributed by atoms with Gasteiger partial charge in [-0.25, -0.2) is 4.68 Å². The van der Waals surface area contributed by atoms with Crippen molar-refractivity contribution in [3.63, 3.8) is 0 Å². The zero-order valence-electron chi connectivity index (χ0n) is 10.9. The van der Waals surface area contributed by atoms with Gasteiger partial charge in [0.25, 0.3) is 5.56 Å². The van der Waals surface area contributed by atoms with Crippen LogP contribution in [0.5, 0.6) is 0 Å². The summed E-state index contributed by atoms with van der Waals surface area (Å²) in [4.78, 5) is 12.3. The monoisotopic (exact) mass is 313 g/mol. The molecule has 0 bridgehead atoms. The minimum Gasteiger partial charge on any atom is -0.377 e. The Kier molecular flexibility index (Phi) is 4.43. The standard InChI is InChI=1S/C13H20BrN3O/c1-3-9(2)16-12-11(14)7-15-17(13(12)18)8-10-5-4-6-10/h7,9-10,16H,3-6,8H2,1-2H3. The van der Waals surface area contributed by atoms with E-state index in [9.17, 15) is 4.79 Å². The fraction of sp³-hybridized carbons (Fsp3) is 0.692. The van der Waals surface area contributed by atoms with Crippen molar-refractivity contribution in [1.82, 2.24) is 9.78 Å². The minimum absolute atomic E-state index is 0.0171. The number of rotatable bonds is 5. The van der Waals surface area contributed by atoms with E-state index in [1.54, 1.807) is 10.9 Å². The summed E-state index contributed by atoms with van der Waals surface area (Å²) in [7, 11) is 0. The highest BCUT2D eigenvalue weighted by Crippen LogP contribution is 2.27. The molecule has 2 rings (SSSR count). The van der Waals surface area contributed by atoms with Gasteiger partial charge >= 0.3 is 0 Å². The third kappa shape index (κ3) is 2.94. The van der Waals surface area contributed by atoms with Gasteiger partial charge in [-0.1, -0.05) is 13.3 Å². The van der Waals surface area contributed by atoms with Gasteiger partial charge in [-0.05, 0) is 48.0 Å². The summed E-state index contributed by atoms with van der Waals surface area (Å²) in [6.07, 6.45) is 6.42. The van der Waals surface area contributed by atoms with Crippen molar-refractivity contribution in [2.24, 2.45) is 5.92 Å². The summed E-state index contributed by atoms with van der Waals surface area (Å²) in [5.74, 6) is 0.632. The number of anilines is 1. The summed E-state index contributed by atoms with van der Waals surface area (Å²) in [5.41, 5.74) is 0.621. The van der Waals surface area contributed by atoms with Crippen molar-refractivity contribution in [3.8, 4) is 0 Å². The molecule has 0 amide bonds. The molecule has 1 aliphatic rings. The summed E-state index contributed by atoms with van der Waals surface area (Å²) in [6.45, 7) is 4.92. The first-order chi connectivity index (χ1) is 8.61. The zero-order chi connectivity index (χ0) is 13.1. The van der Waals surface area contributed by atoms with E-state index in [1.165, 1.54) is 19.3 Å². The van der Waals surface area contributed by atoms with Crippen LogP contribution in [-0.4, -0.2) is 15.8 Å². The molecule has 1 aliphatic carbocycles. The van der Waals surface area contributed by atoms with Crippen molar-refractivity contribution in [2.45, 2.75) is 52.1 Å². The fourth-order valence-electron chi connectivity index (χ4n) is 2.00. The molecule has 1 saturated carbocycles. The Labute approximate surface area is 116 Å². The van der Waals surface area contributed by atoms with Crippen molar-refractivity contribution in [3.05, 3.63) is 21.0 Å². The highest BCUT2D eigenvalue weighted by Gasteiger charge is 2.20. The predicted molar refractivity (Wildman–Crippen MR) is 76.9 cm³/mol. The van der Waals surface area contributed by atoms with E-state index in [-0.39, 0.29) is 11.6 Å². The van der Waals surface area contributed by atoms with Crippen LogP contribution < -0.4 is 10.9 Å². The van der Waals surface area contributed by atoms with Gasteiger partial charge in [0.2, 0.25) is 0 Å². The minimum atomic E-state index is -0.0171. The molecule has 1 atom stereocenters. The Morgan fingerprint density at radius 2 is 2.33 bits per heavy atom. The summed E-state index contributed by atoms with van der Waals surface area (Å²) < 4.78 is 2.34. The first kappa shape index (κ1) is 13.6. The lowest BCUT2D eigenvalue weighted by molar-refractivity contribution is 0.262. The molecule has 1 unspecified atom stereocenters. The molecule has 1 aromatic heterocycles. The van der Waals surface area contributed by atoms with E-state index in [0.717, 1.165) is 17.4 Å². The molecule has 4 nitrogen and oxygen atoms in total. The molecule has 100 valence electrons. The highest BCUT2D eigenvalue weighted by molar-refractivity contribution is 9.10. The quantitative estimate of drug-likeness (QED) is 0.909. The molecule has 5 heteroatoms. The molecule has 1 fully saturated rings. The van der Waals surface area contributed by atoms with E-state index in [1.807, 2.05) is 0 Å². The number of aromatic nitrogens is 2. The molecule has 0 saturated heterocycles. The van der Waals surface area contributed by atoms with Crippen molar-refractivity contribution in [2.75, 3.05) is 5.32 Å². The predicted octanol–water partition coefficient (Wildman–Crippen LogP) is 3.02. The third-order valence-corrected chi connectivity index (χ3v) is 4.26. The van der Waals surface area contributed by atoms with E-state index in [4.69, 9.17) is 0 Å². The summed E-state index contributed by atoms with van der Waals surface area (Å²) >= 11 is 3.40. The molecule has 0 radical (unpaired) electrons. The molecular weight excluding hydrogens is 294 g/mol. The second-order valence-corrected chi connectivity index (χ2v) is 5.96. The first-order valence-corrected chi connectivity index (χ1v) is 7.43. The zero-order valence-corrected chi connectivity index (χ0v) is 12.5. The van der Waals surface area contributed by atoms with Crippen LogP contribution in [0, 0.1) is 5.92 Å². The number of halogens is 1. The van der Waals surface area contributed by atoms with Crippen molar-refractivity contribution in [1.29, 1.82) is 0 Å². The molecule has 1 heterocycles. The molecule has 18 heavy (non-hydrogen) atoms. The highest BCUT2D eigenvalue weighted by atomic mass is 79.9. The Morgan fingerprint density at radius 1 is 1.61 bits per heavy atom. The summed E-state index contributed by atoms with van der Waals surface area (Å²) in [6, 6.07) is 0.286. The van der Waals surface area contributed by atoms with Gasteiger partial charge in [-0.3, -0.25) is 4.79 Å². The van der Waals surface area contributed by atoms with Crippen molar-refractivity contribution >= 4 is 21.6 Å². The van der Waals surface area contributed by atoms with Crippen LogP contribution in [0.3, 0.4) is 0 Å². The number of nitrogens with zero attached hydrogens (tertiary/aromatic N) is 2. The molecule has 1 aromatic rings. The van der Waals surface area contributed by atoms with Crippen molar-refractivity contribution < 1.29 is 0 Å². The second kappa shape index (κ2) is 5.87. The van der Waals surface area contributed by atoms with Crippen LogP contribution in [0.25, 0.3) is 0 Å². The average Bonchev–Trinajstić information content (AvgIpc) is 2.31. The van der Waals surface area contributed by atoms with Crippen LogP contribution >= 0.6 is 15.9 Å². The van der Waals surface area contributed by atoms with Crippen LogP contribution in [0.15, 0.2) is 15.5 Å². The Hall–Kier alpha value is -0.840. The molecule has 0 aromatic carbocycles. The Balaban J connectivity index is 2.21. The van der Waals surface area contributed by atoms with Gasteiger partial charge in [0, 0.05) is 12.6 Å². The largest absolute Gasteiger partial charge is 0.377 e. The topological polar surface area (TPSA) is 46.9 Å². The maximum absolute atomic E-state index is 12.3. The number of nitrogens with one attached hydrogen (secondary N) is 1. The summed E-state index contributed by atoms with van der Waals surface area (Å²) in [5, 5.41) is 7.47. The number of hydrogen-bond donors (Lipinski definition) is 1. The van der Waals surface area contributed by atoms with E-state index in [0.29, 0.717) is 11.6 Å². The van der Waals surface area contributed by atoms with Crippen LogP contribution in [0.2, 0.25) is 0 Å². The molecule has 0 spiro atoms. The first-order valence-electron chi connectivity index (χ1n) is 6.64. The van der Waals surface area contributed by atoms with Crippen LogP contribution in [-0.2, 0) is 6.54 Å². The van der Waals surface area contributed by atoms with Gasteiger partial charge in [-0.2, -0.15) is 5.10 Å². The number of hydrogen-bond acceptors (Lipinski definition) is 3. The molecule has 1 N–H and O–H groups in total. The molecular formula is C13H20BrN3O. The Bertz CT molecular complexity index is 468. The van der Waals surface area contributed by atoms with E-state index in [2.05, 4.69) is 40.2 Å². The van der Waals surface area contributed by atoms with Gasteiger partial charge in [0.1, 0.15) is 5.69 Å².